The van der Waals surface area contributed by atoms with E-state index in [4.69, 9.17) is 0 Å². The topological polar surface area (TPSA) is 74.6 Å². The summed E-state index contributed by atoms with van der Waals surface area (Å²) in [6, 6.07) is 22.1. The predicted molar refractivity (Wildman–Crippen MR) is 108 cm³/mol. The Hall–Kier alpha value is -2.42. The summed E-state index contributed by atoms with van der Waals surface area (Å²) in [6.45, 7) is 1.76. The number of carboxylic acids is 1. The molecule has 140 valence electrons. The van der Waals surface area contributed by atoms with Gasteiger partial charge in [-0.05, 0) is 28.3 Å². The second kappa shape index (κ2) is 7.67. The van der Waals surface area contributed by atoms with E-state index in [0.717, 1.165) is 16.3 Å². The van der Waals surface area contributed by atoms with E-state index in [9.17, 15) is 19.4 Å². The zero-order chi connectivity index (χ0) is 19.5. The van der Waals surface area contributed by atoms with E-state index in [-0.39, 0.29) is 18.7 Å². The molecular weight excluding hydrogens is 359 g/mol. The molecule has 0 aliphatic heterocycles. The van der Waals surface area contributed by atoms with Crippen molar-refractivity contribution in [3.05, 3.63) is 83.9 Å². The number of carboxylic acid groups (broad SMARTS) is 1. The maximum atomic E-state index is 13.1. The summed E-state index contributed by atoms with van der Waals surface area (Å²) in [5, 5.41) is 11.9. The molecule has 0 spiro atoms. The van der Waals surface area contributed by atoms with Gasteiger partial charge in [0.05, 0.1) is 0 Å². The summed E-state index contributed by atoms with van der Waals surface area (Å²) in [7, 11) is -3.73. The summed E-state index contributed by atoms with van der Waals surface area (Å²) in [5.41, 5.74) is -0.0884. The van der Waals surface area contributed by atoms with Crippen molar-refractivity contribution in [2.75, 3.05) is 6.16 Å². The van der Waals surface area contributed by atoms with Crippen molar-refractivity contribution in [2.24, 2.45) is 0 Å². The highest BCUT2D eigenvalue weighted by atomic mass is 31.2. The summed E-state index contributed by atoms with van der Waals surface area (Å²) in [6.07, 6.45) is -0.0992. The zero-order valence-corrected chi connectivity index (χ0v) is 16.1. The molecule has 5 heteroatoms. The number of hydrogen-bond acceptors (Lipinski definition) is 2. The molecule has 0 saturated carbocycles. The van der Waals surface area contributed by atoms with Crippen LogP contribution in [-0.4, -0.2) is 22.1 Å². The Labute approximate surface area is 158 Å². The molecule has 27 heavy (non-hydrogen) atoms. The van der Waals surface area contributed by atoms with Crippen molar-refractivity contribution < 1.29 is 19.4 Å². The molecule has 2 N–H and O–H groups in total. The molecule has 0 heterocycles. The molecule has 0 radical (unpaired) electrons. The monoisotopic (exact) mass is 382 g/mol. The van der Waals surface area contributed by atoms with Gasteiger partial charge in [0.1, 0.15) is 5.41 Å². The Balaban J connectivity index is 2.08. The van der Waals surface area contributed by atoms with Gasteiger partial charge in [0.25, 0.3) is 0 Å². The van der Waals surface area contributed by atoms with E-state index in [1.807, 2.05) is 54.6 Å². The SMILES string of the molecule is CCC(CP(=O)(O)Cc1ccccc1)(C(=O)O)c1cccc2ccccc12. The maximum absolute atomic E-state index is 13.1. The molecule has 2 unspecified atom stereocenters. The molecule has 3 rings (SSSR count). The minimum absolute atomic E-state index is 0.0341. The van der Waals surface area contributed by atoms with Crippen molar-refractivity contribution in [2.45, 2.75) is 24.9 Å². The lowest BCUT2D eigenvalue weighted by Crippen LogP contribution is -2.39. The quantitative estimate of drug-likeness (QED) is 0.561. The van der Waals surface area contributed by atoms with Gasteiger partial charge >= 0.3 is 5.97 Å². The average molecular weight is 382 g/mol. The normalized spacial score (nSPS) is 15.8. The number of fused-ring (bicyclic) bond motifs is 1. The highest BCUT2D eigenvalue weighted by molar-refractivity contribution is 7.57. The molecule has 0 aromatic heterocycles. The second-order valence-corrected chi connectivity index (χ2v) is 9.24. The summed E-state index contributed by atoms with van der Waals surface area (Å²) < 4.78 is 13.1. The number of hydrogen-bond donors (Lipinski definition) is 2. The van der Waals surface area contributed by atoms with Gasteiger partial charge in [0, 0.05) is 12.3 Å². The molecule has 4 nitrogen and oxygen atoms in total. The summed E-state index contributed by atoms with van der Waals surface area (Å²) >= 11 is 0. The minimum Gasteiger partial charge on any atom is -0.481 e. The molecule has 2 atom stereocenters. The minimum atomic E-state index is -3.73. The Kier molecular flexibility index (Phi) is 5.50. The van der Waals surface area contributed by atoms with Gasteiger partial charge in [0.15, 0.2) is 0 Å². The van der Waals surface area contributed by atoms with Gasteiger partial charge in [-0.2, -0.15) is 0 Å². The summed E-state index contributed by atoms with van der Waals surface area (Å²) in [4.78, 5) is 23.1. The van der Waals surface area contributed by atoms with E-state index >= 15 is 0 Å². The molecule has 0 aliphatic rings. The van der Waals surface area contributed by atoms with Crippen molar-refractivity contribution in [1.29, 1.82) is 0 Å². The van der Waals surface area contributed by atoms with Crippen LogP contribution in [0.25, 0.3) is 10.8 Å². The van der Waals surface area contributed by atoms with E-state index < -0.39 is 18.8 Å². The Morgan fingerprint density at radius 1 is 0.963 bits per heavy atom. The molecule has 0 aliphatic carbocycles. The molecule has 3 aromatic carbocycles. The van der Waals surface area contributed by atoms with Crippen molar-refractivity contribution in [1.82, 2.24) is 0 Å². The predicted octanol–water partition coefficient (Wildman–Crippen LogP) is 5.04. The Bertz CT molecular complexity index is 994. The van der Waals surface area contributed by atoms with Crippen LogP contribution in [0.1, 0.15) is 24.5 Å². The number of benzene rings is 3. The fraction of sp³-hybridized carbons (Fsp3) is 0.227. The van der Waals surface area contributed by atoms with E-state index in [0.29, 0.717) is 5.56 Å². The van der Waals surface area contributed by atoms with Gasteiger partial charge in [-0.1, -0.05) is 79.7 Å². The standard InChI is InChI=1S/C22H23O4P/c1-2-22(21(23)24,16-27(25,26)15-17-9-4-3-5-10-17)20-14-8-12-18-11-6-7-13-19(18)20/h3-14H,2,15-16H2,1H3,(H,23,24)(H,25,26). The molecule has 0 amide bonds. The van der Waals surface area contributed by atoms with Crippen LogP contribution in [0.4, 0.5) is 0 Å². The number of aliphatic carboxylic acids is 1. The highest BCUT2D eigenvalue weighted by Crippen LogP contribution is 2.52. The molecule has 0 saturated heterocycles. The molecule has 3 aromatic rings. The van der Waals surface area contributed by atoms with Crippen molar-refractivity contribution >= 4 is 24.1 Å². The zero-order valence-electron chi connectivity index (χ0n) is 15.2. The van der Waals surface area contributed by atoms with Crippen LogP contribution in [0.2, 0.25) is 0 Å². The fourth-order valence-electron chi connectivity index (χ4n) is 3.71. The Morgan fingerprint density at radius 2 is 1.59 bits per heavy atom. The van der Waals surface area contributed by atoms with Gasteiger partial charge < -0.3 is 10.00 Å². The molecular formula is C22H23O4P. The third-order valence-electron chi connectivity index (χ3n) is 5.11. The van der Waals surface area contributed by atoms with Crippen LogP contribution in [0, 0.1) is 0 Å². The first-order valence-electron chi connectivity index (χ1n) is 8.94. The first-order valence-corrected chi connectivity index (χ1v) is 11.0. The van der Waals surface area contributed by atoms with Gasteiger partial charge in [0.2, 0.25) is 7.37 Å². The average Bonchev–Trinajstić information content (AvgIpc) is 2.66. The first-order chi connectivity index (χ1) is 12.9. The molecule has 0 fully saturated rings. The van der Waals surface area contributed by atoms with Gasteiger partial charge in [-0.25, -0.2) is 0 Å². The van der Waals surface area contributed by atoms with Crippen LogP contribution in [0.15, 0.2) is 72.8 Å². The van der Waals surface area contributed by atoms with Gasteiger partial charge in [-0.15, -0.1) is 0 Å². The maximum Gasteiger partial charge on any atom is 0.314 e. The van der Waals surface area contributed by atoms with Crippen LogP contribution in [-0.2, 0) is 20.9 Å². The largest absolute Gasteiger partial charge is 0.481 e. The van der Waals surface area contributed by atoms with Crippen LogP contribution in [0.3, 0.4) is 0 Å². The van der Waals surface area contributed by atoms with Gasteiger partial charge in [-0.3, -0.25) is 9.36 Å². The lowest BCUT2D eigenvalue weighted by Gasteiger charge is -2.32. The fourth-order valence-corrected chi connectivity index (χ4v) is 5.98. The van der Waals surface area contributed by atoms with Crippen molar-refractivity contribution in [3.8, 4) is 0 Å². The smallest absolute Gasteiger partial charge is 0.314 e. The van der Waals surface area contributed by atoms with Crippen LogP contribution >= 0.6 is 7.37 Å². The Morgan fingerprint density at radius 3 is 2.26 bits per heavy atom. The van der Waals surface area contributed by atoms with E-state index in [1.54, 1.807) is 25.1 Å². The second-order valence-electron chi connectivity index (χ2n) is 6.92. The third-order valence-corrected chi connectivity index (χ3v) is 7.00. The number of rotatable bonds is 7. The van der Waals surface area contributed by atoms with E-state index in [1.165, 1.54) is 0 Å². The lowest BCUT2D eigenvalue weighted by molar-refractivity contribution is -0.143. The number of carbonyl (C=O) groups is 1. The van der Waals surface area contributed by atoms with Crippen molar-refractivity contribution in [3.63, 3.8) is 0 Å². The highest BCUT2D eigenvalue weighted by Gasteiger charge is 2.45. The lowest BCUT2D eigenvalue weighted by atomic mass is 9.77. The first kappa shape index (κ1) is 19.3. The molecule has 0 bridgehead atoms. The third kappa shape index (κ3) is 3.97. The van der Waals surface area contributed by atoms with E-state index in [2.05, 4.69) is 0 Å². The van der Waals surface area contributed by atoms with Crippen LogP contribution < -0.4 is 0 Å². The summed E-state index contributed by atoms with van der Waals surface area (Å²) in [5.74, 6) is -1.07. The van der Waals surface area contributed by atoms with Crippen LogP contribution in [0.5, 0.6) is 0 Å².